The summed E-state index contributed by atoms with van der Waals surface area (Å²) in [6.45, 7) is 3.75. The number of nitrogens with two attached hydrogens (primary N) is 1. The molecule has 1 aliphatic heterocycles. The number of hydrogen-bond donors (Lipinski definition) is 5. The Balaban J connectivity index is 2.21. The quantitative estimate of drug-likeness (QED) is 0.313. The van der Waals surface area contributed by atoms with Gasteiger partial charge in [0.05, 0.1) is 6.04 Å². The van der Waals surface area contributed by atoms with E-state index >= 15 is 0 Å². The summed E-state index contributed by atoms with van der Waals surface area (Å²) in [7, 11) is 0. The van der Waals surface area contributed by atoms with Gasteiger partial charge in [0.15, 0.2) is 0 Å². The van der Waals surface area contributed by atoms with Crippen LogP contribution in [0.25, 0.3) is 0 Å². The third-order valence-corrected chi connectivity index (χ3v) is 5.89. The fraction of sp³-hybridized carbons (Fsp3) is 0.545. The first-order chi connectivity index (χ1) is 15.1. The van der Waals surface area contributed by atoms with Crippen molar-refractivity contribution >= 4 is 36.3 Å². The van der Waals surface area contributed by atoms with Gasteiger partial charge in [0.25, 0.3) is 0 Å². The maximum Gasteiger partial charge on any atom is 0.326 e. The van der Waals surface area contributed by atoms with E-state index in [1.165, 1.54) is 4.90 Å². The summed E-state index contributed by atoms with van der Waals surface area (Å²) in [5, 5.41) is 14.6. The number of thiol groups is 1. The lowest BCUT2D eigenvalue weighted by molar-refractivity contribution is -0.145. The zero-order valence-corrected chi connectivity index (χ0v) is 19.3. The van der Waals surface area contributed by atoms with Gasteiger partial charge in [0.2, 0.25) is 17.7 Å². The Hall–Kier alpha value is -2.59. The van der Waals surface area contributed by atoms with E-state index in [0.717, 1.165) is 5.56 Å². The number of aliphatic carboxylic acids is 1. The highest BCUT2D eigenvalue weighted by Gasteiger charge is 2.39. The number of likely N-dealkylation sites (tertiary alicyclic amines) is 1. The Bertz CT molecular complexity index is 820. The summed E-state index contributed by atoms with van der Waals surface area (Å²) in [5.41, 5.74) is 6.61. The molecule has 0 spiro atoms. The zero-order valence-electron chi connectivity index (χ0n) is 18.4. The van der Waals surface area contributed by atoms with Gasteiger partial charge in [-0.25, -0.2) is 4.79 Å². The van der Waals surface area contributed by atoms with E-state index in [2.05, 4.69) is 23.3 Å². The second-order valence-corrected chi connectivity index (χ2v) is 8.66. The topological polar surface area (TPSA) is 142 Å². The molecule has 0 bridgehead atoms. The molecular formula is C22H32N4O5S. The summed E-state index contributed by atoms with van der Waals surface area (Å²) in [6.07, 6.45) is 1.26. The zero-order chi connectivity index (χ0) is 23.8. The van der Waals surface area contributed by atoms with Crippen LogP contribution in [0.4, 0.5) is 0 Å². The van der Waals surface area contributed by atoms with Crippen LogP contribution in [0, 0.1) is 5.92 Å². The highest BCUT2D eigenvalue weighted by molar-refractivity contribution is 7.80. The molecule has 10 heteroatoms. The van der Waals surface area contributed by atoms with Crippen molar-refractivity contribution in [2.45, 2.75) is 57.3 Å². The van der Waals surface area contributed by atoms with Crippen LogP contribution in [0.15, 0.2) is 30.3 Å². The van der Waals surface area contributed by atoms with Crippen molar-refractivity contribution in [1.82, 2.24) is 15.5 Å². The van der Waals surface area contributed by atoms with Gasteiger partial charge in [-0.1, -0.05) is 44.2 Å². The molecule has 1 aliphatic rings. The van der Waals surface area contributed by atoms with E-state index in [1.807, 2.05) is 30.3 Å². The number of hydrogen-bond acceptors (Lipinski definition) is 6. The minimum Gasteiger partial charge on any atom is -0.480 e. The van der Waals surface area contributed by atoms with E-state index in [4.69, 9.17) is 5.73 Å². The van der Waals surface area contributed by atoms with Crippen LogP contribution < -0.4 is 16.4 Å². The fourth-order valence-corrected chi connectivity index (χ4v) is 3.84. The highest BCUT2D eigenvalue weighted by atomic mass is 32.1. The minimum atomic E-state index is -1.13. The number of carbonyl (C=O) groups excluding carboxylic acids is 3. The number of nitrogens with zero attached hydrogens (tertiary/aromatic N) is 1. The van der Waals surface area contributed by atoms with Gasteiger partial charge < -0.3 is 26.4 Å². The van der Waals surface area contributed by atoms with E-state index in [-0.39, 0.29) is 18.1 Å². The lowest BCUT2D eigenvalue weighted by Gasteiger charge is -2.30. The average molecular weight is 465 g/mol. The molecule has 32 heavy (non-hydrogen) atoms. The van der Waals surface area contributed by atoms with Gasteiger partial charge >= 0.3 is 5.97 Å². The second kappa shape index (κ2) is 11.9. The van der Waals surface area contributed by atoms with Gasteiger partial charge in [-0.15, -0.1) is 0 Å². The van der Waals surface area contributed by atoms with E-state index in [1.54, 1.807) is 13.8 Å². The molecule has 4 atom stereocenters. The van der Waals surface area contributed by atoms with E-state index in [0.29, 0.717) is 19.4 Å². The molecule has 5 N–H and O–H groups in total. The maximum absolute atomic E-state index is 13.4. The van der Waals surface area contributed by atoms with Gasteiger partial charge in [-0.3, -0.25) is 14.4 Å². The number of nitrogens with one attached hydrogen (secondary N) is 2. The van der Waals surface area contributed by atoms with Gasteiger partial charge in [0, 0.05) is 18.7 Å². The summed E-state index contributed by atoms with van der Waals surface area (Å²) < 4.78 is 0. The Morgan fingerprint density at radius 3 is 2.41 bits per heavy atom. The molecule has 1 saturated heterocycles. The Morgan fingerprint density at radius 1 is 1.19 bits per heavy atom. The minimum absolute atomic E-state index is 0.124. The first-order valence-corrected chi connectivity index (χ1v) is 11.3. The van der Waals surface area contributed by atoms with Crippen molar-refractivity contribution < 1.29 is 24.3 Å². The molecule has 0 radical (unpaired) electrons. The van der Waals surface area contributed by atoms with Crippen molar-refractivity contribution in [1.29, 1.82) is 0 Å². The highest BCUT2D eigenvalue weighted by Crippen LogP contribution is 2.20. The molecule has 1 heterocycles. The third kappa shape index (κ3) is 6.70. The standard InChI is InChI=1S/C22H32N4O5S/c1-13(2)18(22(30)31)25-20(28)17-9-6-10-26(17)21(29)16(24-19(27)15(23)12-32)11-14-7-4-3-5-8-14/h3-5,7-8,13,15-18,32H,6,9-12,23H2,1-2H3,(H,24,27)(H,25,28)(H,30,31). The van der Waals surface area contributed by atoms with E-state index in [9.17, 15) is 24.3 Å². The first kappa shape index (κ1) is 25.7. The molecule has 4 unspecified atom stereocenters. The molecule has 0 aliphatic carbocycles. The lowest BCUT2D eigenvalue weighted by atomic mass is 10.0. The Morgan fingerprint density at radius 2 is 1.84 bits per heavy atom. The normalized spacial score (nSPS) is 18.7. The van der Waals surface area contributed by atoms with Crippen LogP contribution >= 0.6 is 12.6 Å². The fourth-order valence-electron chi connectivity index (χ4n) is 3.68. The van der Waals surface area contributed by atoms with Gasteiger partial charge in [-0.2, -0.15) is 12.6 Å². The van der Waals surface area contributed by atoms with Crippen molar-refractivity contribution in [3.63, 3.8) is 0 Å². The number of carboxylic acid groups (broad SMARTS) is 1. The summed E-state index contributed by atoms with van der Waals surface area (Å²) >= 11 is 4.04. The number of carbonyl (C=O) groups is 4. The predicted molar refractivity (Wildman–Crippen MR) is 123 cm³/mol. The summed E-state index contributed by atoms with van der Waals surface area (Å²) in [4.78, 5) is 51.6. The maximum atomic E-state index is 13.4. The molecule has 0 aromatic heterocycles. The molecule has 0 saturated carbocycles. The molecule has 2 rings (SSSR count). The smallest absolute Gasteiger partial charge is 0.326 e. The number of rotatable bonds is 10. The number of amides is 3. The van der Waals surface area contributed by atoms with Crippen LogP contribution in [0.3, 0.4) is 0 Å². The lowest BCUT2D eigenvalue weighted by Crippen LogP contribution is -2.58. The van der Waals surface area contributed by atoms with Crippen LogP contribution in [0.1, 0.15) is 32.3 Å². The predicted octanol–water partition coefficient (Wildman–Crippen LogP) is 0.187. The molecule has 1 fully saturated rings. The largest absolute Gasteiger partial charge is 0.480 e. The van der Waals surface area contributed by atoms with Crippen LogP contribution in [0.2, 0.25) is 0 Å². The van der Waals surface area contributed by atoms with Crippen molar-refractivity contribution in [2.75, 3.05) is 12.3 Å². The molecule has 9 nitrogen and oxygen atoms in total. The van der Waals surface area contributed by atoms with Crippen LogP contribution in [0.5, 0.6) is 0 Å². The molecule has 3 amide bonds. The van der Waals surface area contributed by atoms with Crippen molar-refractivity contribution in [3.8, 4) is 0 Å². The Kier molecular flexibility index (Phi) is 9.52. The average Bonchev–Trinajstić information content (AvgIpc) is 3.26. The summed E-state index contributed by atoms with van der Waals surface area (Å²) in [6, 6.07) is 5.59. The molecular weight excluding hydrogens is 432 g/mol. The summed E-state index contributed by atoms with van der Waals surface area (Å²) in [5.74, 6) is -2.72. The van der Waals surface area contributed by atoms with Crippen LogP contribution in [-0.2, 0) is 25.6 Å². The second-order valence-electron chi connectivity index (χ2n) is 8.30. The number of carboxylic acids is 1. The van der Waals surface area contributed by atoms with Crippen molar-refractivity contribution in [2.24, 2.45) is 11.7 Å². The van der Waals surface area contributed by atoms with E-state index < -0.39 is 47.9 Å². The van der Waals surface area contributed by atoms with Crippen molar-refractivity contribution in [3.05, 3.63) is 35.9 Å². The first-order valence-electron chi connectivity index (χ1n) is 10.7. The third-order valence-electron chi connectivity index (χ3n) is 5.50. The van der Waals surface area contributed by atoms with Gasteiger partial charge in [-0.05, 0) is 24.3 Å². The monoisotopic (exact) mass is 464 g/mol. The molecule has 1 aromatic carbocycles. The van der Waals surface area contributed by atoms with Gasteiger partial charge in [0.1, 0.15) is 18.1 Å². The molecule has 1 aromatic rings. The number of benzene rings is 1. The Labute approximate surface area is 193 Å². The SMILES string of the molecule is CC(C)C(NC(=O)C1CCCN1C(=O)C(Cc1ccccc1)NC(=O)C(N)CS)C(=O)O. The molecule has 176 valence electrons. The van der Waals surface area contributed by atoms with Crippen LogP contribution in [-0.4, -0.2) is 70.2 Å².